The molecule has 1 unspecified atom stereocenters. The number of aromatic nitrogens is 4. The van der Waals surface area contributed by atoms with Crippen LogP contribution in [0.4, 0.5) is 0 Å². The molecule has 132 valence electrons. The maximum absolute atomic E-state index is 12.5. The molecule has 7 heteroatoms. The fourth-order valence-corrected chi connectivity index (χ4v) is 3.60. The smallest absolute Gasteiger partial charge is 0.262 e. The summed E-state index contributed by atoms with van der Waals surface area (Å²) in [5.74, 6) is 1.40. The van der Waals surface area contributed by atoms with Crippen molar-refractivity contribution in [3.8, 4) is 0 Å². The number of hydrogen-bond donors (Lipinski definition) is 0. The van der Waals surface area contributed by atoms with E-state index in [1.807, 2.05) is 28.7 Å². The molecule has 1 fully saturated rings. The van der Waals surface area contributed by atoms with E-state index in [0.717, 1.165) is 37.3 Å². The van der Waals surface area contributed by atoms with Gasteiger partial charge >= 0.3 is 0 Å². The van der Waals surface area contributed by atoms with Gasteiger partial charge in [-0.05, 0) is 38.4 Å². The number of hydrogen-bond acceptors (Lipinski definition) is 5. The van der Waals surface area contributed by atoms with Gasteiger partial charge in [-0.2, -0.15) is 0 Å². The summed E-state index contributed by atoms with van der Waals surface area (Å²) >= 11 is 0. The molecule has 1 atom stereocenters. The second kappa shape index (κ2) is 6.57. The molecule has 0 spiro atoms. The van der Waals surface area contributed by atoms with E-state index in [-0.39, 0.29) is 5.56 Å². The van der Waals surface area contributed by atoms with Crippen molar-refractivity contribution in [2.24, 2.45) is 7.05 Å². The second-order valence-corrected chi connectivity index (χ2v) is 6.82. The molecule has 0 radical (unpaired) electrons. The molecule has 3 heterocycles. The van der Waals surface area contributed by atoms with E-state index in [2.05, 4.69) is 22.1 Å². The zero-order chi connectivity index (χ0) is 17.4. The highest BCUT2D eigenvalue weighted by molar-refractivity contribution is 5.80. The quantitative estimate of drug-likeness (QED) is 0.721. The molecule has 1 aromatic carbocycles. The maximum atomic E-state index is 12.5. The first kappa shape index (κ1) is 16.2. The molecule has 3 aromatic rings. The van der Waals surface area contributed by atoms with Crippen molar-refractivity contribution in [2.45, 2.75) is 31.9 Å². The Balaban J connectivity index is 1.69. The molecule has 1 aliphatic heterocycles. The zero-order valence-electron chi connectivity index (χ0n) is 14.7. The minimum atomic E-state index is -0.0500. The van der Waals surface area contributed by atoms with Crippen LogP contribution in [0.15, 0.2) is 29.1 Å². The molecular weight excluding hydrogens is 318 g/mol. The van der Waals surface area contributed by atoms with Crippen molar-refractivity contribution >= 4 is 16.7 Å². The molecule has 1 saturated heterocycles. The molecule has 2 aromatic heterocycles. The Bertz CT molecular complexity index is 955. The van der Waals surface area contributed by atoms with Crippen LogP contribution in [-0.4, -0.2) is 50.4 Å². The van der Waals surface area contributed by atoms with Crippen molar-refractivity contribution in [2.75, 3.05) is 20.2 Å². The van der Waals surface area contributed by atoms with Crippen LogP contribution < -0.4 is 5.56 Å². The average Bonchev–Trinajstić information content (AvgIpc) is 3.04. The van der Waals surface area contributed by atoms with Crippen LogP contribution >= 0.6 is 0 Å². The lowest BCUT2D eigenvalue weighted by molar-refractivity contribution is -0.00294. The number of ether oxygens (including phenoxy) is 1. The SMILES string of the molecule is CN(Cc1nnc2n(C)c(=O)c3ccccc3n12)CC1CCCCO1. The van der Waals surface area contributed by atoms with Crippen LogP contribution in [0.2, 0.25) is 0 Å². The molecule has 4 rings (SSSR count). The zero-order valence-corrected chi connectivity index (χ0v) is 14.7. The van der Waals surface area contributed by atoms with E-state index in [9.17, 15) is 4.79 Å². The fraction of sp³-hybridized carbons (Fsp3) is 0.500. The van der Waals surface area contributed by atoms with Gasteiger partial charge < -0.3 is 4.74 Å². The van der Waals surface area contributed by atoms with Gasteiger partial charge in [-0.1, -0.05) is 12.1 Å². The monoisotopic (exact) mass is 341 g/mol. The number of likely N-dealkylation sites (N-methyl/N-ethyl adjacent to an activating group) is 1. The van der Waals surface area contributed by atoms with Crippen LogP contribution in [0.1, 0.15) is 25.1 Å². The van der Waals surface area contributed by atoms with E-state index < -0.39 is 0 Å². The van der Waals surface area contributed by atoms with Gasteiger partial charge in [-0.25, -0.2) is 0 Å². The van der Waals surface area contributed by atoms with Gasteiger partial charge in [0.15, 0.2) is 5.82 Å². The third kappa shape index (κ3) is 2.94. The third-order valence-corrected chi connectivity index (χ3v) is 4.89. The highest BCUT2D eigenvalue weighted by Crippen LogP contribution is 2.17. The first-order valence-corrected chi connectivity index (χ1v) is 8.77. The Morgan fingerprint density at radius 2 is 2.12 bits per heavy atom. The Kier molecular flexibility index (Phi) is 4.27. The lowest BCUT2D eigenvalue weighted by atomic mass is 10.1. The number of rotatable bonds is 4. The summed E-state index contributed by atoms with van der Waals surface area (Å²) in [6, 6.07) is 7.61. The van der Waals surface area contributed by atoms with Crippen molar-refractivity contribution in [3.05, 3.63) is 40.4 Å². The fourth-order valence-electron chi connectivity index (χ4n) is 3.60. The molecule has 0 aliphatic carbocycles. The van der Waals surface area contributed by atoms with Crippen LogP contribution in [-0.2, 0) is 18.3 Å². The highest BCUT2D eigenvalue weighted by atomic mass is 16.5. The molecule has 0 bridgehead atoms. The normalized spacial score (nSPS) is 18.4. The van der Waals surface area contributed by atoms with Gasteiger partial charge in [0, 0.05) is 20.2 Å². The van der Waals surface area contributed by atoms with Crippen LogP contribution in [0.5, 0.6) is 0 Å². The van der Waals surface area contributed by atoms with E-state index in [4.69, 9.17) is 4.74 Å². The summed E-state index contributed by atoms with van der Waals surface area (Å²) in [6.07, 6.45) is 3.80. The molecule has 0 saturated carbocycles. The minimum Gasteiger partial charge on any atom is -0.377 e. The van der Waals surface area contributed by atoms with Gasteiger partial charge in [0.1, 0.15) is 0 Å². The molecule has 0 N–H and O–H groups in total. The predicted octanol–water partition coefficient (Wildman–Crippen LogP) is 1.58. The Hall–Kier alpha value is -2.25. The highest BCUT2D eigenvalue weighted by Gasteiger charge is 2.19. The predicted molar refractivity (Wildman–Crippen MR) is 95.7 cm³/mol. The third-order valence-electron chi connectivity index (χ3n) is 4.89. The van der Waals surface area contributed by atoms with E-state index in [1.165, 1.54) is 6.42 Å². The maximum Gasteiger partial charge on any atom is 0.262 e. The molecule has 25 heavy (non-hydrogen) atoms. The summed E-state index contributed by atoms with van der Waals surface area (Å²) in [6.45, 7) is 2.39. The molecule has 1 aliphatic rings. The number of nitrogens with zero attached hydrogens (tertiary/aromatic N) is 5. The van der Waals surface area contributed by atoms with Crippen LogP contribution in [0, 0.1) is 0 Å². The first-order valence-electron chi connectivity index (χ1n) is 8.77. The first-order chi connectivity index (χ1) is 12.1. The van der Waals surface area contributed by atoms with Gasteiger partial charge in [-0.15, -0.1) is 10.2 Å². The molecule has 0 amide bonds. The van der Waals surface area contributed by atoms with Gasteiger partial charge in [0.05, 0.1) is 23.6 Å². The van der Waals surface area contributed by atoms with Crippen molar-refractivity contribution in [1.29, 1.82) is 0 Å². The lowest BCUT2D eigenvalue weighted by Crippen LogP contribution is -2.33. The topological polar surface area (TPSA) is 64.7 Å². The number of fused-ring (bicyclic) bond motifs is 3. The Morgan fingerprint density at radius 3 is 2.92 bits per heavy atom. The minimum absolute atomic E-state index is 0.0500. The van der Waals surface area contributed by atoms with Crippen LogP contribution in [0.3, 0.4) is 0 Å². The summed E-state index contributed by atoms with van der Waals surface area (Å²) in [5.41, 5.74) is 0.800. The van der Waals surface area contributed by atoms with Crippen molar-refractivity contribution in [3.63, 3.8) is 0 Å². The van der Waals surface area contributed by atoms with E-state index in [0.29, 0.717) is 23.8 Å². The number of benzene rings is 1. The van der Waals surface area contributed by atoms with E-state index in [1.54, 1.807) is 11.6 Å². The van der Waals surface area contributed by atoms with Crippen molar-refractivity contribution in [1.82, 2.24) is 24.1 Å². The molecule has 7 nitrogen and oxygen atoms in total. The largest absolute Gasteiger partial charge is 0.377 e. The lowest BCUT2D eigenvalue weighted by Gasteiger charge is -2.27. The van der Waals surface area contributed by atoms with Crippen LogP contribution in [0.25, 0.3) is 16.7 Å². The summed E-state index contributed by atoms with van der Waals surface area (Å²) in [5, 5.41) is 9.28. The Labute approximate surface area is 145 Å². The summed E-state index contributed by atoms with van der Waals surface area (Å²) in [4.78, 5) is 14.7. The Morgan fingerprint density at radius 1 is 1.28 bits per heavy atom. The average molecular weight is 341 g/mol. The summed E-state index contributed by atoms with van der Waals surface area (Å²) in [7, 11) is 3.81. The van der Waals surface area contributed by atoms with E-state index >= 15 is 0 Å². The summed E-state index contributed by atoms with van der Waals surface area (Å²) < 4.78 is 9.37. The van der Waals surface area contributed by atoms with Gasteiger partial charge in [-0.3, -0.25) is 18.7 Å². The van der Waals surface area contributed by atoms with Gasteiger partial charge in [0.25, 0.3) is 5.56 Å². The second-order valence-electron chi connectivity index (χ2n) is 6.82. The number of aryl methyl sites for hydroxylation is 1. The van der Waals surface area contributed by atoms with Gasteiger partial charge in [0.2, 0.25) is 5.78 Å². The van der Waals surface area contributed by atoms with Crippen molar-refractivity contribution < 1.29 is 4.74 Å². The number of para-hydroxylation sites is 1. The molecular formula is C18H23N5O2. The standard InChI is InChI=1S/C18H23N5O2/c1-21(11-13-7-5-6-10-25-13)12-16-19-20-18-22(2)17(24)14-8-3-4-9-15(14)23(16)18/h3-4,8-9,13H,5-7,10-12H2,1-2H3.